The van der Waals surface area contributed by atoms with Gasteiger partial charge in [-0.05, 0) is 13.8 Å². The van der Waals surface area contributed by atoms with E-state index in [0.29, 0.717) is 23.8 Å². The van der Waals surface area contributed by atoms with Crippen LogP contribution in [-0.2, 0) is 19.6 Å². The standard InChI is InChI=1S/C13H17ClN6O3/c1-4-18-6-9(14)10(15-18)7-17(3)13(21)12-11(20(22)23)8-19(5-2)16-12/h6,8H,4-5,7H2,1-3H3. The fraction of sp³-hybridized carbons (Fsp3) is 0.462. The van der Waals surface area contributed by atoms with E-state index in [1.54, 1.807) is 17.8 Å². The predicted molar refractivity (Wildman–Crippen MR) is 83.3 cm³/mol. The number of nitro groups is 1. The van der Waals surface area contributed by atoms with Gasteiger partial charge in [0.15, 0.2) is 0 Å². The van der Waals surface area contributed by atoms with E-state index in [2.05, 4.69) is 10.2 Å². The van der Waals surface area contributed by atoms with Gasteiger partial charge < -0.3 is 4.90 Å². The summed E-state index contributed by atoms with van der Waals surface area (Å²) in [4.78, 5) is 24.2. The van der Waals surface area contributed by atoms with Crippen LogP contribution in [0.25, 0.3) is 0 Å². The Morgan fingerprint density at radius 1 is 1.30 bits per heavy atom. The fourth-order valence-corrected chi connectivity index (χ4v) is 2.25. The van der Waals surface area contributed by atoms with Crippen LogP contribution in [0.1, 0.15) is 30.0 Å². The first-order valence-electron chi connectivity index (χ1n) is 7.06. The van der Waals surface area contributed by atoms with E-state index in [-0.39, 0.29) is 17.9 Å². The molecule has 0 fully saturated rings. The smallest absolute Gasteiger partial charge is 0.320 e. The van der Waals surface area contributed by atoms with Gasteiger partial charge in [0, 0.05) is 26.3 Å². The predicted octanol–water partition coefficient (Wildman–Crippen LogP) is 1.95. The van der Waals surface area contributed by atoms with Crippen molar-refractivity contribution in [1.29, 1.82) is 0 Å². The summed E-state index contributed by atoms with van der Waals surface area (Å²) < 4.78 is 3.02. The minimum Gasteiger partial charge on any atom is -0.334 e. The van der Waals surface area contributed by atoms with Crippen molar-refractivity contribution in [2.24, 2.45) is 0 Å². The molecule has 0 spiro atoms. The first-order valence-corrected chi connectivity index (χ1v) is 7.44. The lowest BCUT2D eigenvalue weighted by atomic mass is 10.3. The van der Waals surface area contributed by atoms with Crippen LogP contribution in [0.15, 0.2) is 12.4 Å². The molecule has 124 valence electrons. The summed E-state index contributed by atoms with van der Waals surface area (Å²) in [6.45, 7) is 4.93. The van der Waals surface area contributed by atoms with Crippen LogP contribution in [-0.4, -0.2) is 42.3 Å². The monoisotopic (exact) mass is 340 g/mol. The van der Waals surface area contributed by atoms with Gasteiger partial charge in [-0.2, -0.15) is 10.2 Å². The van der Waals surface area contributed by atoms with Gasteiger partial charge in [0.2, 0.25) is 5.69 Å². The highest BCUT2D eigenvalue weighted by atomic mass is 35.5. The first-order chi connectivity index (χ1) is 10.9. The summed E-state index contributed by atoms with van der Waals surface area (Å²) >= 11 is 6.08. The maximum atomic E-state index is 12.5. The molecule has 0 aliphatic carbocycles. The zero-order valence-electron chi connectivity index (χ0n) is 13.1. The number of aromatic nitrogens is 4. The molecule has 2 aromatic rings. The van der Waals surface area contributed by atoms with E-state index < -0.39 is 10.8 Å². The second-order valence-electron chi connectivity index (χ2n) is 4.92. The van der Waals surface area contributed by atoms with Crippen molar-refractivity contribution in [3.8, 4) is 0 Å². The fourth-order valence-electron chi connectivity index (χ4n) is 2.04. The molecule has 0 radical (unpaired) electrons. The van der Waals surface area contributed by atoms with Crippen molar-refractivity contribution in [2.45, 2.75) is 33.5 Å². The van der Waals surface area contributed by atoms with E-state index in [4.69, 9.17) is 11.6 Å². The van der Waals surface area contributed by atoms with Crippen molar-refractivity contribution in [1.82, 2.24) is 24.5 Å². The summed E-state index contributed by atoms with van der Waals surface area (Å²) in [7, 11) is 1.53. The van der Waals surface area contributed by atoms with E-state index in [1.165, 1.54) is 22.8 Å². The molecule has 0 aliphatic heterocycles. The number of rotatable bonds is 6. The Balaban J connectivity index is 2.24. The van der Waals surface area contributed by atoms with E-state index in [1.807, 2.05) is 6.92 Å². The summed E-state index contributed by atoms with van der Waals surface area (Å²) in [6, 6.07) is 0. The second-order valence-corrected chi connectivity index (χ2v) is 5.32. The molecule has 0 saturated heterocycles. The Morgan fingerprint density at radius 3 is 2.43 bits per heavy atom. The Labute approximate surface area is 137 Å². The molecule has 1 amide bonds. The average Bonchev–Trinajstić information content (AvgIpc) is 3.10. The number of hydrogen-bond acceptors (Lipinski definition) is 5. The first kappa shape index (κ1) is 16.9. The third-order valence-electron chi connectivity index (χ3n) is 3.31. The molecule has 0 N–H and O–H groups in total. The number of aryl methyl sites for hydroxylation is 2. The second kappa shape index (κ2) is 6.78. The molecule has 23 heavy (non-hydrogen) atoms. The molecule has 2 aromatic heterocycles. The Kier molecular flexibility index (Phi) is 4.99. The minimum absolute atomic E-state index is 0.140. The third kappa shape index (κ3) is 3.50. The molecular weight excluding hydrogens is 324 g/mol. The van der Waals surface area contributed by atoms with Gasteiger partial charge in [-0.25, -0.2) is 0 Å². The van der Waals surface area contributed by atoms with Gasteiger partial charge in [0.25, 0.3) is 5.91 Å². The van der Waals surface area contributed by atoms with Crippen LogP contribution in [0.2, 0.25) is 5.02 Å². The molecule has 0 atom stereocenters. The maximum absolute atomic E-state index is 12.5. The molecule has 2 rings (SSSR count). The van der Waals surface area contributed by atoms with Gasteiger partial charge in [0.05, 0.1) is 16.5 Å². The van der Waals surface area contributed by atoms with E-state index in [9.17, 15) is 14.9 Å². The number of nitrogens with zero attached hydrogens (tertiary/aromatic N) is 6. The quantitative estimate of drug-likeness (QED) is 0.591. The highest BCUT2D eigenvalue weighted by Gasteiger charge is 2.28. The van der Waals surface area contributed by atoms with Crippen molar-refractivity contribution in [3.05, 3.63) is 38.9 Å². The Hall–Kier alpha value is -2.42. The van der Waals surface area contributed by atoms with Crippen molar-refractivity contribution >= 4 is 23.2 Å². The van der Waals surface area contributed by atoms with Crippen LogP contribution in [0.5, 0.6) is 0 Å². The summed E-state index contributed by atoms with van der Waals surface area (Å²) in [5.74, 6) is -0.550. The van der Waals surface area contributed by atoms with Crippen LogP contribution < -0.4 is 0 Å². The highest BCUT2D eigenvalue weighted by molar-refractivity contribution is 6.31. The van der Waals surface area contributed by atoms with Gasteiger partial charge in [-0.1, -0.05) is 11.6 Å². The Bertz CT molecular complexity index is 738. The lowest BCUT2D eigenvalue weighted by Crippen LogP contribution is -2.27. The zero-order valence-corrected chi connectivity index (χ0v) is 13.8. The minimum atomic E-state index is -0.612. The maximum Gasteiger partial charge on any atom is 0.320 e. The lowest BCUT2D eigenvalue weighted by Gasteiger charge is -2.14. The van der Waals surface area contributed by atoms with Gasteiger partial charge in [0.1, 0.15) is 11.9 Å². The summed E-state index contributed by atoms with van der Waals surface area (Å²) in [5, 5.41) is 19.8. The van der Waals surface area contributed by atoms with Crippen LogP contribution in [0.4, 0.5) is 5.69 Å². The zero-order chi connectivity index (χ0) is 17.1. The number of carbonyl (C=O) groups is 1. The Morgan fingerprint density at radius 2 is 1.91 bits per heavy atom. The largest absolute Gasteiger partial charge is 0.334 e. The van der Waals surface area contributed by atoms with Crippen molar-refractivity contribution in [3.63, 3.8) is 0 Å². The number of amides is 1. The van der Waals surface area contributed by atoms with Gasteiger partial charge in [-0.3, -0.25) is 24.3 Å². The topological polar surface area (TPSA) is 99.1 Å². The molecule has 10 heteroatoms. The molecule has 0 bridgehead atoms. The summed E-state index contributed by atoms with van der Waals surface area (Å²) in [6.07, 6.45) is 2.92. The van der Waals surface area contributed by atoms with E-state index >= 15 is 0 Å². The van der Waals surface area contributed by atoms with Crippen molar-refractivity contribution < 1.29 is 9.72 Å². The van der Waals surface area contributed by atoms with Crippen molar-refractivity contribution in [2.75, 3.05) is 7.05 Å². The van der Waals surface area contributed by atoms with Crippen LogP contribution in [0.3, 0.4) is 0 Å². The molecular formula is C13H17ClN6O3. The van der Waals surface area contributed by atoms with Crippen LogP contribution in [0, 0.1) is 10.1 Å². The lowest BCUT2D eigenvalue weighted by molar-refractivity contribution is -0.385. The molecule has 0 aromatic carbocycles. The summed E-state index contributed by atoms with van der Waals surface area (Å²) in [5.41, 5.74) is 0.0289. The normalized spacial score (nSPS) is 10.8. The number of carbonyl (C=O) groups excluding carboxylic acids is 1. The molecule has 0 saturated carbocycles. The van der Waals surface area contributed by atoms with Crippen LogP contribution >= 0.6 is 11.6 Å². The molecule has 2 heterocycles. The number of hydrogen-bond donors (Lipinski definition) is 0. The van der Waals surface area contributed by atoms with Gasteiger partial charge >= 0.3 is 5.69 Å². The molecule has 9 nitrogen and oxygen atoms in total. The molecule has 0 aliphatic rings. The average molecular weight is 341 g/mol. The highest BCUT2D eigenvalue weighted by Crippen LogP contribution is 2.20. The molecule has 0 unspecified atom stereocenters. The third-order valence-corrected chi connectivity index (χ3v) is 3.63. The van der Waals surface area contributed by atoms with E-state index in [0.717, 1.165) is 0 Å². The van der Waals surface area contributed by atoms with Gasteiger partial charge in [-0.15, -0.1) is 0 Å². The SMILES string of the molecule is CCn1cc(Cl)c(CN(C)C(=O)c2nn(CC)cc2[N+](=O)[O-])n1. The number of halogens is 1.